The van der Waals surface area contributed by atoms with E-state index in [1.807, 2.05) is 34.6 Å². The Hall–Kier alpha value is 0.669. The summed E-state index contributed by atoms with van der Waals surface area (Å²) < 4.78 is 23.3. The van der Waals surface area contributed by atoms with Crippen molar-refractivity contribution in [3.05, 3.63) is 0 Å². The Labute approximate surface area is 93.6 Å². The van der Waals surface area contributed by atoms with Crippen molar-refractivity contribution in [3.63, 3.8) is 0 Å². The minimum absolute atomic E-state index is 0.0276. The van der Waals surface area contributed by atoms with Gasteiger partial charge in [-0.2, -0.15) is 0 Å². The molecule has 0 bridgehead atoms. The zero-order valence-electron chi connectivity index (χ0n) is 9.81. The van der Waals surface area contributed by atoms with Crippen LogP contribution in [0, 0.1) is 0 Å². The molecule has 3 nitrogen and oxygen atoms in total. The fraction of sp³-hybridized carbons (Fsp3) is 1.00. The van der Waals surface area contributed by atoms with Crippen molar-refractivity contribution in [1.29, 1.82) is 0 Å². The molecule has 0 heterocycles. The predicted molar refractivity (Wildman–Crippen MR) is 61.1 cm³/mol. The number of rotatable bonds is 6. The molecule has 0 radical (unpaired) electrons. The van der Waals surface area contributed by atoms with E-state index in [1.54, 1.807) is 0 Å². The molecular weight excluding hydrogens is 266 g/mol. The molecule has 0 aliphatic rings. The van der Waals surface area contributed by atoms with Crippen molar-refractivity contribution in [2.75, 3.05) is 0 Å². The van der Waals surface area contributed by atoms with Crippen LogP contribution < -0.4 is 0 Å². The maximum absolute atomic E-state index is 12.3. The summed E-state index contributed by atoms with van der Waals surface area (Å²) in [6.45, 7) is 9.46. The van der Waals surface area contributed by atoms with Crippen LogP contribution >= 0.6 is 7.60 Å². The third kappa shape index (κ3) is 4.95. The molecule has 1 unspecified atom stereocenters. The zero-order valence-corrected chi connectivity index (χ0v) is 12.4. The Balaban J connectivity index is 4.58. The van der Waals surface area contributed by atoms with Gasteiger partial charge in [0.05, 0.1) is 0 Å². The summed E-state index contributed by atoms with van der Waals surface area (Å²) >= 11 is 0.277. The van der Waals surface area contributed by atoms with Gasteiger partial charge in [-0.25, -0.2) is 0 Å². The molecule has 0 aromatic carbocycles. The first-order chi connectivity index (χ1) is 6.31. The summed E-state index contributed by atoms with van der Waals surface area (Å²) in [5, 5.41) is 0. The molecule has 0 amide bonds. The van der Waals surface area contributed by atoms with Crippen LogP contribution in [-0.2, 0) is 13.6 Å². The van der Waals surface area contributed by atoms with Gasteiger partial charge in [-0.3, -0.25) is 0 Å². The van der Waals surface area contributed by atoms with Crippen molar-refractivity contribution >= 4 is 22.6 Å². The maximum atomic E-state index is 12.3. The Morgan fingerprint density at radius 2 is 1.36 bits per heavy atom. The van der Waals surface area contributed by atoms with Gasteiger partial charge in [-0.15, -0.1) is 0 Å². The average molecular weight is 287 g/mol. The van der Waals surface area contributed by atoms with E-state index in [1.165, 1.54) is 0 Å². The van der Waals surface area contributed by atoms with E-state index in [0.717, 1.165) is 0 Å². The third-order valence-electron chi connectivity index (χ3n) is 1.50. The molecule has 0 rings (SSSR count). The second-order valence-corrected chi connectivity index (χ2v) is 9.22. The van der Waals surface area contributed by atoms with Crippen molar-refractivity contribution in [1.82, 2.24) is 0 Å². The van der Waals surface area contributed by atoms with Crippen LogP contribution in [0.25, 0.3) is 0 Å². The Morgan fingerprint density at radius 3 is 1.57 bits per heavy atom. The molecule has 1 atom stereocenters. The van der Waals surface area contributed by atoms with E-state index in [-0.39, 0.29) is 31.7 Å². The van der Waals surface area contributed by atoms with E-state index in [9.17, 15) is 4.57 Å². The molecule has 5 heteroatoms. The minimum atomic E-state index is -2.89. The molecule has 0 fully saturated rings. The van der Waals surface area contributed by atoms with Crippen LogP contribution in [0.1, 0.15) is 34.6 Å². The first-order valence-corrected chi connectivity index (χ1v) is 9.12. The normalized spacial score (nSPS) is 15.1. The van der Waals surface area contributed by atoms with Crippen molar-refractivity contribution in [2.45, 2.75) is 57.2 Å². The molecule has 0 spiro atoms. The van der Waals surface area contributed by atoms with Gasteiger partial charge in [0, 0.05) is 0 Å². The van der Waals surface area contributed by atoms with Gasteiger partial charge in [0.1, 0.15) is 0 Å². The molecule has 0 aliphatic heterocycles. The Bertz CT molecular complexity index is 192. The molecule has 0 aromatic heterocycles. The molecule has 0 saturated carbocycles. The quantitative estimate of drug-likeness (QED) is 0.556. The Kier molecular flexibility index (Phi) is 6.60. The molecule has 0 aliphatic carbocycles. The molecule has 86 valence electrons. The molecular formula is C9H21O3PSe. The first kappa shape index (κ1) is 14.7. The van der Waals surface area contributed by atoms with Gasteiger partial charge >= 0.3 is 93.4 Å². The second-order valence-electron chi connectivity index (χ2n) is 3.68. The van der Waals surface area contributed by atoms with Crippen LogP contribution in [0.3, 0.4) is 0 Å². The fourth-order valence-corrected chi connectivity index (χ4v) is 4.99. The van der Waals surface area contributed by atoms with Gasteiger partial charge in [-0.1, -0.05) is 0 Å². The van der Waals surface area contributed by atoms with E-state index in [2.05, 4.69) is 5.82 Å². The van der Waals surface area contributed by atoms with E-state index in [4.69, 9.17) is 9.05 Å². The number of hydrogen-bond acceptors (Lipinski definition) is 3. The van der Waals surface area contributed by atoms with Gasteiger partial charge in [0.25, 0.3) is 0 Å². The van der Waals surface area contributed by atoms with Gasteiger partial charge < -0.3 is 0 Å². The average Bonchev–Trinajstić information content (AvgIpc) is 1.99. The fourth-order valence-electron chi connectivity index (χ4n) is 0.913. The van der Waals surface area contributed by atoms with Crippen molar-refractivity contribution in [2.24, 2.45) is 0 Å². The van der Waals surface area contributed by atoms with Crippen LogP contribution in [0.2, 0.25) is 5.82 Å². The monoisotopic (exact) mass is 288 g/mol. The van der Waals surface area contributed by atoms with Crippen LogP contribution in [-0.4, -0.2) is 31.7 Å². The van der Waals surface area contributed by atoms with E-state index in [0.29, 0.717) is 0 Å². The third-order valence-corrected chi connectivity index (χ3v) is 7.98. The summed E-state index contributed by atoms with van der Waals surface area (Å²) in [6, 6.07) is 0. The summed E-state index contributed by atoms with van der Waals surface area (Å²) in [5.41, 5.74) is 0. The predicted octanol–water partition coefficient (Wildman–Crippen LogP) is 3.13. The standard InChI is InChI=1S/C9H21O3PSe/c1-7(2)11-13(10,9(5)14-6)12-8(3)4/h7-9H,1-6H3. The van der Waals surface area contributed by atoms with Crippen LogP contribution in [0.5, 0.6) is 0 Å². The Morgan fingerprint density at radius 1 is 1.00 bits per heavy atom. The molecule has 0 aromatic rings. The van der Waals surface area contributed by atoms with Gasteiger partial charge in [0.2, 0.25) is 0 Å². The summed E-state index contributed by atoms with van der Waals surface area (Å²) in [6.07, 6.45) is -0.103. The van der Waals surface area contributed by atoms with Gasteiger partial charge in [-0.05, 0) is 0 Å². The van der Waals surface area contributed by atoms with E-state index < -0.39 is 7.60 Å². The van der Waals surface area contributed by atoms with Crippen LogP contribution in [0.4, 0.5) is 0 Å². The van der Waals surface area contributed by atoms with Gasteiger partial charge in [0.15, 0.2) is 0 Å². The van der Waals surface area contributed by atoms with E-state index >= 15 is 0 Å². The molecule has 14 heavy (non-hydrogen) atoms. The second kappa shape index (κ2) is 6.30. The summed E-state index contributed by atoms with van der Waals surface area (Å²) in [4.78, 5) is 0. The topological polar surface area (TPSA) is 35.5 Å². The van der Waals surface area contributed by atoms with Crippen molar-refractivity contribution in [3.8, 4) is 0 Å². The summed E-state index contributed by atoms with van der Waals surface area (Å²) in [5.74, 6) is 2.05. The summed E-state index contributed by atoms with van der Waals surface area (Å²) in [7, 11) is -2.89. The molecule has 0 saturated heterocycles. The van der Waals surface area contributed by atoms with Crippen LogP contribution in [0.15, 0.2) is 0 Å². The SMILES string of the molecule is C[Se]C(C)P(=O)(OC(C)C)OC(C)C. The molecule has 0 N–H and O–H groups in total. The first-order valence-electron chi connectivity index (χ1n) is 4.81. The van der Waals surface area contributed by atoms with Crippen molar-refractivity contribution < 1.29 is 13.6 Å². The zero-order chi connectivity index (χ0) is 11.4. The number of hydrogen-bond donors (Lipinski definition) is 0.